The Morgan fingerprint density at radius 1 is 0.439 bits per heavy atom. The van der Waals surface area contributed by atoms with Crippen LogP contribution < -0.4 is 0 Å². The molecule has 0 aliphatic carbocycles. The Morgan fingerprint density at radius 2 is 1.02 bits per heavy atom. The summed E-state index contributed by atoms with van der Waals surface area (Å²) < 4.78 is 6.17. The summed E-state index contributed by atoms with van der Waals surface area (Å²) in [7, 11) is 0. The Kier molecular flexibility index (Phi) is 4.61. The van der Waals surface area contributed by atoms with E-state index in [1.807, 2.05) is 24.3 Å². The first-order valence-electron chi connectivity index (χ1n) is 13.8. The number of rotatable bonds is 2. The molecule has 0 aliphatic rings. The van der Waals surface area contributed by atoms with Gasteiger partial charge < -0.3 is 4.42 Å². The van der Waals surface area contributed by atoms with Gasteiger partial charge in [0, 0.05) is 5.39 Å². The summed E-state index contributed by atoms with van der Waals surface area (Å²) in [4.78, 5) is 9.71. The molecule has 7 aromatic carbocycles. The average Bonchev–Trinajstić information content (AvgIpc) is 3.39. The first kappa shape index (κ1) is 22.3. The molecule has 3 heteroatoms. The van der Waals surface area contributed by atoms with Gasteiger partial charge in [-0.3, -0.25) is 0 Å². The van der Waals surface area contributed by atoms with Crippen LogP contribution in [0.5, 0.6) is 0 Å². The van der Waals surface area contributed by atoms with E-state index >= 15 is 0 Å². The molecule has 2 aromatic heterocycles. The SMILES string of the molecule is c1ccc2c(-c3c4ccccc4c(-c4ccc5oc6nc7ccccc7nc6c5c4)c4ccccc34)cccc2c1. The second kappa shape index (κ2) is 8.48. The highest BCUT2D eigenvalue weighted by atomic mass is 16.3. The quantitative estimate of drug-likeness (QED) is 0.212. The van der Waals surface area contributed by atoms with Crippen LogP contribution in [0.2, 0.25) is 0 Å². The molecule has 0 unspecified atom stereocenters. The van der Waals surface area contributed by atoms with Gasteiger partial charge in [-0.15, -0.1) is 0 Å². The van der Waals surface area contributed by atoms with Crippen LogP contribution in [0.15, 0.2) is 138 Å². The van der Waals surface area contributed by atoms with Crippen molar-refractivity contribution in [1.29, 1.82) is 0 Å². The molecular formula is C38H22N2O. The van der Waals surface area contributed by atoms with Crippen LogP contribution in [-0.2, 0) is 0 Å². The molecule has 0 N–H and O–H groups in total. The molecule has 9 aromatic rings. The summed E-state index contributed by atoms with van der Waals surface area (Å²) in [5.41, 5.74) is 8.71. The van der Waals surface area contributed by atoms with Crippen molar-refractivity contribution < 1.29 is 4.42 Å². The van der Waals surface area contributed by atoms with Crippen LogP contribution in [0, 0.1) is 0 Å². The third-order valence-corrected chi connectivity index (χ3v) is 8.26. The van der Waals surface area contributed by atoms with Gasteiger partial charge in [0.25, 0.3) is 0 Å². The Balaban J connectivity index is 1.39. The number of benzene rings is 7. The molecule has 41 heavy (non-hydrogen) atoms. The Bertz CT molecular complexity index is 2430. The number of para-hydroxylation sites is 2. The van der Waals surface area contributed by atoms with Crippen LogP contribution in [0.1, 0.15) is 0 Å². The number of nitrogens with zero attached hydrogens (tertiary/aromatic N) is 2. The molecule has 0 saturated heterocycles. The van der Waals surface area contributed by atoms with Gasteiger partial charge in [0.15, 0.2) is 0 Å². The van der Waals surface area contributed by atoms with Crippen molar-refractivity contribution in [2.24, 2.45) is 0 Å². The maximum Gasteiger partial charge on any atom is 0.246 e. The van der Waals surface area contributed by atoms with Gasteiger partial charge >= 0.3 is 0 Å². The maximum absolute atomic E-state index is 6.17. The zero-order chi connectivity index (χ0) is 26.9. The largest absolute Gasteiger partial charge is 0.436 e. The van der Waals surface area contributed by atoms with Gasteiger partial charge in [-0.2, -0.15) is 0 Å². The molecule has 0 aliphatic heterocycles. The Labute approximate surface area is 235 Å². The lowest BCUT2D eigenvalue weighted by molar-refractivity contribution is 0.655. The van der Waals surface area contributed by atoms with E-state index in [9.17, 15) is 0 Å². The lowest BCUT2D eigenvalue weighted by atomic mass is 9.84. The molecule has 0 radical (unpaired) electrons. The van der Waals surface area contributed by atoms with E-state index in [-0.39, 0.29) is 0 Å². The zero-order valence-corrected chi connectivity index (χ0v) is 22.0. The Hall–Kier alpha value is -5.54. The second-order valence-corrected chi connectivity index (χ2v) is 10.5. The van der Waals surface area contributed by atoms with Crippen molar-refractivity contribution in [2.75, 3.05) is 0 Å². The fourth-order valence-electron chi connectivity index (χ4n) is 6.47. The van der Waals surface area contributed by atoms with Gasteiger partial charge in [-0.1, -0.05) is 109 Å². The van der Waals surface area contributed by atoms with E-state index in [0.717, 1.165) is 33.1 Å². The molecule has 0 saturated carbocycles. The van der Waals surface area contributed by atoms with Crippen molar-refractivity contribution in [1.82, 2.24) is 9.97 Å². The highest BCUT2D eigenvalue weighted by Gasteiger charge is 2.19. The van der Waals surface area contributed by atoms with Gasteiger partial charge in [0.2, 0.25) is 5.71 Å². The van der Waals surface area contributed by atoms with Crippen molar-refractivity contribution in [3.05, 3.63) is 133 Å². The molecule has 2 heterocycles. The molecular weight excluding hydrogens is 500 g/mol. The number of hydrogen-bond acceptors (Lipinski definition) is 3. The summed E-state index contributed by atoms with van der Waals surface area (Å²) in [6.45, 7) is 0. The minimum absolute atomic E-state index is 0.567. The number of hydrogen-bond donors (Lipinski definition) is 0. The van der Waals surface area contributed by atoms with Crippen LogP contribution >= 0.6 is 0 Å². The first-order chi connectivity index (χ1) is 20.3. The summed E-state index contributed by atoms with van der Waals surface area (Å²) in [6.07, 6.45) is 0. The third-order valence-electron chi connectivity index (χ3n) is 8.26. The molecule has 0 amide bonds. The highest BCUT2D eigenvalue weighted by molar-refractivity contribution is 6.24. The molecule has 0 bridgehead atoms. The second-order valence-electron chi connectivity index (χ2n) is 10.5. The molecule has 0 fully saturated rings. The van der Waals surface area contributed by atoms with Gasteiger partial charge in [0.1, 0.15) is 11.1 Å². The molecule has 9 rings (SSSR count). The molecule has 0 atom stereocenters. The minimum Gasteiger partial charge on any atom is -0.436 e. The number of fused-ring (bicyclic) bond motifs is 7. The summed E-state index contributed by atoms with van der Waals surface area (Å²) in [5.74, 6) is 0. The van der Waals surface area contributed by atoms with Crippen molar-refractivity contribution >= 4 is 65.6 Å². The summed E-state index contributed by atoms with van der Waals surface area (Å²) >= 11 is 0. The fraction of sp³-hybridized carbons (Fsp3) is 0. The maximum atomic E-state index is 6.17. The molecule has 190 valence electrons. The third kappa shape index (κ3) is 3.26. The summed E-state index contributed by atoms with van der Waals surface area (Å²) in [6, 6.07) is 47.2. The first-order valence-corrected chi connectivity index (χ1v) is 13.8. The van der Waals surface area contributed by atoms with E-state index in [2.05, 4.69) is 109 Å². The van der Waals surface area contributed by atoms with E-state index in [0.29, 0.717) is 5.71 Å². The normalized spacial score (nSPS) is 11.9. The fourth-order valence-corrected chi connectivity index (χ4v) is 6.47. The topological polar surface area (TPSA) is 38.9 Å². The predicted octanol–water partition coefficient (Wildman–Crippen LogP) is 10.3. The van der Waals surface area contributed by atoms with E-state index in [1.165, 1.54) is 49.0 Å². The van der Waals surface area contributed by atoms with Crippen molar-refractivity contribution in [3.8, 4) is 22.3 Å². The number of furan rings is 1. The predicted molar refractivity (Wildman–Crippen MR) is 170 cm³/mol. The van der Waals surface area contributed by atoms with Crippen molar-refractivity contribution in [2.45, 2.75) is 0 Å². The molecule has 3 nitrogen and oxygen atoms in total. The van der Waals surface area contributed by atoms with Crippen LogP contribution in [0.3, 0.4) is 0 Å². The molecule has 0 spiro atoms. The lowest BCUT2D eigenvalue weighted by Crippen LogP contribution is -1.91. The average molecular weight is 523 g/mol. The van der Waals surface area contributed by atoms with Crippen molar-refractivity contribution in [3.63, 3.8) is 0 Å². The smallest absolute Gasteiger partial charge is 0.246 e. The summed E-state index contributed by atoms with van der Waals surface area (Å²) in [5, 5.41) is 8.39. The monoisotopic (exact) mass is 522 g/mol. The van der Waals surface area contributed by atoms with Gasteiger partial charge in [0.05, 0.1) is 11.0 Å². The van der Waals surface area contributed by atoms with Crippen LogP contribution in [0.25, 0.3) is 87.8 Å². The van der Waals surface area contributed by atoms with E-state index < -0.39 is 0 Å². The Morgan fingerprint density at radius 3 is 1.76 bits per heavy atom. The van der Waals surface area contributed by atoms with E-state index in [4.69, 9.17) is 14.4 Å². The lowest BCUT2D eigenvalue weighted by Gasteiger charge is -2.18. The zero-order valence-electron chi connectivity index (χ0n) is 22.0. The highest BCUT2D eigenvalue weighted by Crippen LogP contribution is 2.45. The van der Waals surface area contributed by atoms with Gasteiger partial charge in [-0.25, -0.2) is 9.97 Å². The van der Waals surface area contributed by atoms with Gasteiger partial charge in [-0.05, 0) is 78.8 Å². The number of aromatic nitrogens is 2. The van der Waals surface area contributed by atoms with Crippen LogP contribution in [0.4, 0.5) is 0 Å². The minimum atomic E-state index is 0.567. The standard InChI is InChI=1S/C38H22N2O/c1-2-12-25-23(10-1)11-9-17-26(25)36-29-15-5-3-13-27(29)35(28-14-4-6-16-30(28)36)24-20-21-34-31(22-24)37-38(41-34)40-33-19-8-7-18-32(33)39-37/h1-22H. The van der Waals surface area contributed by atoms with Crippen LogP contribution in [-0.4, -0.2) is 9.97 Å². The van der Waals surface area contributed by atoms with E-state index in [1.54, 1.807) is 0 Å².